The average molecular weight is 346 g/mol. The molecule has 0 saturated heterocycles. The van der Waals surface area contributed by atoms with Crippen molar-refractivity contribution in [2.24, 2.45) is 5.73 Å². The molecule has 2 aromatic rings. The number of pyridine rings is 1. The van der Waals surface area contributed by atoms with Gasteiger partial charge in [-0.05, 0) is 43.2 Å². The Morgan fingerprint density at radius 3 is 2.46 bits per heavy atom. The minimum atomic E-state index is -0.749. The Morgan fingerprint density at radius 2 is 1.83 bits per heavy atom. The molecule has 24 heavy (non-hydrogen) atoms. The number of carbonyl (C=O) groups is 1. The number of amides is 1. The largest absolute Gasteiger partial charge is 0.439 e. The van der Waals surface area contributed by atoms with Crippen LogP contribution in [0.25, 0.3) is 0 Å². The number of rotatable bonds is 4. The van der Waals surface area contributed by atoms with Crippen molar-refractivity contribution in [3.8, 4) is 11.6 Å². The Bertz CT molecular complexity index is 695. The summed E-state index contributed by atoms with van der Waals surface area (Å²) in [5.41, 5.74) is 6.19. The van der Waals surface area contributed by atoms with Crippen molar-refractivity contribution in [2.75, 3.05) is 5.32 Å². The summed E-state index contributed by atoms with van der Waals surface area (Å²) in [4.78, 5) is 16.5. The highest BCUT2D eigenvalue weighted by Gasteiger charge is 2.35. The first kappa shape index (κ1) is 16.7. The lowest BCUT2D eigenvalue weighted by atomic mass is 9.82. The van der Waals surface area contributed by atoms with E-state index in [0.29, 0.717) is 22.3 Å². The van der Waals surface area contributed by atoms with Crippen molar-refractivity contribution in [3.63, 3.8) is 0 Å². The number of hydrogen-bond donors (Lipinski definition) is 2. The fourth-order valence-corrected chi connectivity index (χ4v) is 2.93. The van der Waals surface area contributed by atoms with Gasteiger partial charge in [-0.25, -0.2) is 4.98 Å². The second kappa shape index (κ2) is 7.20. The van der Waals surface area contributed by atoms with Crippen LogP contribution in [-0.4, -0.2) is 16.4 Å². The molecule has 1 amide bonds. The van der Waals surface area contributed by atoms with E-state index in [1.807, 2.05) is 0 Å². The van der Waals surface area contributed by atoms with Crippen LogP contribution in [0.3, 0.4) is 0 Å². The minimum absolute atomic E-state index is 0.116. The first-order chi connectivity index (χ1) is 11.5. The first-order valence-electron chi connectivity index (χ1n) is 8.05. The van der Waals surface area contributed by atoms with Crippen molar-refractivity contribution in [1.82, 2.24) is 4.98 Å². The van der Waals surface area contributed by atoms with Crippen LogP contribution in [0.15, 0.2) is 42.6 Å². The third-order valence-electron chi connectivity index (χ3n) is 4.23. The van der Waals surface area contributed by atoms with Crippen LogP contribution >= 0.6 is 11.6 Å². The van der Waals surface area contributed by atoms with Crippen molar-refractivity contribution >= 4 is 23.2 Å². The topological polar surface area (TPSA) is 77.2 Å². The summed E-state index contributed by atoms with van der Waals surface area (Å²) in [5.74, 6) is 0.970. The molecule has 1 saturated carbocycles. The maximum absolute atomic E-state index is 12.4. The molecule has 1 heterocycles. The van der Waals surface area contributed by atoms with Gasteiger partial charge in [0.25, 0.3) is 0 Å². The fourth-order valence-electron chi connectivity index (χ4n) is 2.81. The summed E-state index contributed by atoms with van der Waals surface area (Å²) in [5, 5.41) is 3.45. The van der Waals surface area contributed by atoms with Gasteiger partial charge in [0.2, 0.25) is 11.8 Å². The maximum atomic E-state index is 12.4. The third-order valence-corrected chi connectivity index (χ3v) is 4.46. The second-order valence-electron chi connectivity index (χ2n) is 6.11. The van der Waals surface area contributed by atoms with E-state index < -0.39 is 5.54 Å². The number of aromatic nitrogens is 1. The molecule has 1 aliphatic carbocycles. The van der Waals surface area contributed by atoms with Crippen LogP contribution in [0.1, 0.15) is 32.1 Å². The third kappa shape index (κ3) is 4.04. The van der Waals surface area contributed by atoms with E-state index in [1.54, 1.807) is 36.4 Å². The fraction of sp³-hybridized carbons (Fsp3) is 0.333. The van der Waals surface area contributed by atoms with Gasteiger partial charge in [-0.3, -0.25) is 4.79 Å². The van der Waals surface area contributed by atoms with Gasteiger partial charge in [0.05, 0.1) is 10.6 Å². The Labute approximate surface area is 146 Å². The number of carbonyl (C=O) groups excluding carboxylic acids is 1. The van der Waals surface area contributed by atoms with Crippen LogP contribution < -0.4 is 15.8 Å². The van der Waals surface area contributed by atoms with Crippen LogP contribution in [0, 0.1) is 0 Å². The molecule has 126 valence electrons. The number of ether oxygens (including phenoxy) is 1. The number of anilines is 1. The molecule has 1 aliphatic rings. The van der Waals surface area contributed by atoms with E-state index in [2.05, 4.69) is 10.3 Å². The lowest BCUT2D eigenvalue weighted by molar-refractivity contribution is -0.122. The Morgan fingerprint density at radius 1 is 1.12 bits per heavy atom. The molecule has 0 spiro atoms. The van der Waals surface area contributed by atoms with Gasteiger partial charge in [0, 0.05) is 18.0 Å². The number of nitrogens with zero attached hydrogens (tertiary/aromatic N) is 1. The normalized spacial score (nSPS) is 16.4. The van der Waals surface area contributed by atoms with E-state index in [1.165, 1.54) is 6.20 Å². The molecular formula is C18H20ClN3O2. The summed E-state index contributed by atoms with van der Waals surface area (Å²) in [7, 11) is 0. The smallest absolute Gasteiger partial charge is 0.244 e. The number of benzene rings is 1. The number of nitrogens with two attached hydrogens (primary N) is 1. The predicted octanol–water partition coefficient (Wildman–Crippen LogP) is 4.13. The summed E-state index contributed by atoms with van der Waals surface area (Å²) in [6.07, 6.45) is 6.16. The summed E-state index contributed by atoms with van der Waals surface area (Å²) in [6.45, 7) is 0. The summed E-state index contributed by atoms with van der Waals surface area (Å²) >= 11 is 5.79. The molecule has 0 radical (unpaired) electrons. The van der Waals surface area contributed by atoms with Crippen molar-refractivity contribution in [1.29, 1.82) is 0 Å². The summed E-state index contributed by atoms with van der Waals surface area (Å²) < 4.78 is 5.62. The lowest BCUT2D eigenvalue weighted by Crippen LogP contribution is -2.52. The van der Waals surface area contributed by atoms with E-state index in [0.717, 1.165) is 32.1 Å². The Balaban J connectivity index is 1.62. The molecule has 0 aliphatic heterocycles. The minimum Gasteiger partial charge on any atom is -0.439 e. The molecule has 3 N–H and O–H groups in total. The van der Waals surface area contributed by atoms with Crippen LogP contribution in [0.5, 0.6) is 11.6 Å². The lowest BCUT2D eigenvalue weighted by Gasteiger charge is -2.31. The zero-order valence-corrected chi connectivity index (χ0v) is 14.1. The van der Waals surface area contributed by atoms with E-state index in [-0.39, 0.29) is 5.91 Å². The van der Waals surface area contributed by atoms with E-state index >= 15 is 0 Å². The molecule has 1 fully saturated rings. The number of hydrogen-bond acceptors (Lipinski definition) is 4. The van der Waals surface area contributed by atoms with Crippen molar-refractivity contribution in [2.45, 2.75) is 37.6 Å². The summed E-state index contributed by atoms with van der Waals surface area (Å²) in [6, 6.07) is 10.5. The predicted molar refractivity (Wildman–Crippen MR) is 94.4 cm³/mol. The number of nitrogens with one attached hydrogen (secondary N) is 1. The van der Waals surface area contributed by atoms with Gasteiger partial charge >= 0.3 is 0 Å². The van der Waals surface area contributed by atoms with Gasteiger partial charge < -0.3 is 15.8 Å². The first-order valence-corrected chi connectivity index (χ1v) is 8.43. The zero-order chi connectivity index (χ0) is 17.0. The molecular weight excluding hydrogens is 326 g/mol. The van der Waals surface area contributed by atoms with Crippen molar-refractivity contribution in [3.05, 3.63) is 47.6 Å². The Kier molecular flexibility index (Phi) is 5.02. The quantitative estimate of drug-likeness (QED) is 0.873. The second-order valence-corrected chi connectivity index (χ2v) is 6.55. The van der Waals surface area contributed by atoms with Gasteiger partial charge in [-0.1, -0.05) is 30.9 Å². The molecule has 1 aromatic heterocycles. The maximum Gasteiger partial charge on any atom is 0.244 e. The highest BCUT2D eigenvalue weighted by atomic mass is 35.5. The number of halogens is 1. The van der Waals surface area contributed by atoms with E-state index in [9.17, 15) is 4.79 Å². The zero-order valence-electron chi connectivity index (χ0n) is 13.3. The monoisotopic (exact) mass is 345 g/mol. The molecule has 0 unspecified atom stereocenters. The highest BCUT2D eigenvalue weighted by Crippen LogP contribution is 2.28. The molecule has 3 rings (SSSR count). The molecule has 1 aromatic carbocycles. The molecule has 0 atom stereocenters. The van der Waals surface area contributed by atoms with Gasteiger partial charge in [-0.15, -0.1) is 0 Å². The SMILES string of the molecule is NC1(C(=O)Nc2ccc(Oc3ccc(Cl)cn3)cc2)CCCCC1. The standard InChI is InChI=1S/C18H20ClN3O2/c19-13-4-9-16(21-12-13)24-15-7-5-14(6-8-15)22-17(23)18(20)10-2-1-3-11-18/h4-9,12H,1-3,10-11,20H2,(H,22,23). The van der Waals surface area contributed by atoms with Crippen LogP contribution in [0.4, 0.5) is 5.69 Å². The molecule has 0 bridgehead atoms. The van der Waals surface area contributed by atoms with Crippen molar-refractivity contribution < 1.29 is 9.53 Å². The van der Waals surface area contributed by atoms with Gasteiger partial charge in [0.1, 0.15) is 5.75 Å². The van der Waals surface area contributed by atoms with E-state index in [4.69, 9.17) is 22.1 Å². The average Bonchev–Trinajstić information content (AvgIpc) is 2.59. The highest BCUT2D eigenvalue weighted by molar-refractivity contribution is 6.30. The van der Waals surface area contributed by atoms with Crippen LogP contribution in [-0.2, 0) is 4.79 Å². The Hall–Kier alpha value is -2.11. The molecule has 5 nitrogen and oxygen atoms in total. The van der Waals surface area contributed by atoms with Crippen LogP contribution in [0.2, 0.25) is 5.02 Å². The van der Waals surface area contributed by atoms with Gasteiger partial charge in [0.15, 0.2) is 0 Å². The van der Waals surface area contributed by atoms with Gasteiger partial charge in [-0.2, -0.15) is 0 Å². The molecule has 6 heteroatoms.